The van der Waals surface area contributed by atoms with Gasteiger partial charge >= 0.3 is 5.97 Å². The van der Waals surface area contributed by atoms with Gasteiger partial charge in [0.2, 0.25) is 11.8 Å². The van der Waals surface area contributed by atoms with Crippen LogP contribution in [-0.4, -0.2) is 47.0 Å². The number of rotatable bonds is 2. The van der Waals surface area contributed by atoms with Crippen molar-refractivity contribution in [3.05, 3.63) is 66.2 Å². The zero-order valence-electron chi connectivity index (χ0n) is 15.6. The van der Waals surface area contributed by atoms with E-state index in [1.54, 1.807) is 30.3 Å². The molecule has 150 valence electrons. The number of carbonyl (C=O) groups is 4. The smallest absolute Gasteiger partial charge is 0.361 e. The van der Waals surface area contributed by atoms with Gasteiger partial charge in [-0.1, -0.05) is 48.5 Å². The van der Waals surface area contributed by atoms with Gasteiger partial charge in [0.25, 0.3) is 11.6 Å². The number of fused-ring (bicyclic) bond motifs is 3. The predicted molar refractivity (Wildman–Crippen MR) is 101 cm³/mol. The third-order valence-electron chi connectivity index (χ3n) is 6.42. The second-order valence-corrected chi connectivity index (χ2v) is 7.82. The van der Waals surface area contributed by atoms with Crippen LogP contribution >= 0.6 is 0 Å². The number of hydrogen-bond acceptors (Lipinski definition) is 6. The molecule has 0 aromatic heterocycles. The minimum absolute atomic E-state index is 0.0334. The Balaban J connectivity index is 1.48. The molecular weight excluding hydrogens is 388 g/mol. The van der Waals surface area contributed by atoms with Gasteiger partial charge in [-0.2, -0.15) is 0 Å². The van der Waals surface area contributed by atoms with Gasteiger partial charge in [-0.25, -0.2) is 9.69 Å². The normalized spacial score (nSPS) is 34.3. The minimum atomic E-state index is -1.92. The summed E-state index contributed by atoms with van der Waals surface area (Å²) in [6.45, 7) is -0.0334. The quantitative estimate of drug-likeness (QED) is 0.548. The maximum Gasteiger partial charge on any atom is 0.361 e. The number of anilines is 1. The molecule has 2 bridgehead atoms. The zero-order valence-corrected chi connectivity index (χ0v) is 15.6. The summed E-state index contributed by atoms with van der Waals surface area (Å²) in [6, 6.07) is 17.0. The molecule has 4 aliphatic rings. The Hall–Kier alpha value is -3.52. The second-order valence-electron chi connectivity index (χ2n) is 7.82. The molecule has 0 saturated carbocycles. The Kier molecular flexibility index (Phi) is 3.33. The SMILES string of the molecule is O=C1[C@@H]2[C@@H]3O[C@]4(C(=O)OC[C@H](c5ccccc5)N4C3=O)[C@@H]2C(=O)N1c1ccccc1. The molecule has 5 atom stereocenters. The van der Waals surface area contributed by atoms with Gasteiger partial charge in [0, 0.05) is 0 Å². The van der Waals surface area contributed by atoms with E-state index in [0.717, 1.165) is 10.5 Å². The van der Waals surface area contributed by atoms with Crippen LogP contribution in [0.5, 0.6) is 0 Å². The molecule has 4 fully saturated rings. The fourth-order valence-corrected chi connectivity index (χ4v) is 5.20. The van der Waals surface area contributed by atoms with Crippen molar-refractivity contribution in [1.29, 1.82) is 0 Å². The standard InChI is InChI=1S/C22H16N2O6/c25-18-15-16(19(26)23(18)13-9-5-2-6-10-13)22-21(28)29-11-14(12-7-3-1-4-8-12)24(22)20(27)17(15)30-22/h1-10,14-17H,11H2/t14-,15+,16+,17+,22+/m1/s1. The molecular formula is C22H16N2O6. The molecule has 0 aliphatic carbocycles. The van der Waals surface area contributed by atoms with Crippen LogP contribution in [-0.2, 0) is 28.7 Å². The lowest BCUT2D eigenvalue weighted by Crippen LogP contribution is -2.66. The second kappa shape index (κ2) is 5.76. The molecule has 8 nitrogen and oxygen atoms in total. The van der Waals surface area contributed by atoms with Gasteiger partial charge in [-0.3, -0.25) is 19.3 Å². The lowest BCUT2D eigenvalue weighted by Gasteiger charge is -2.46. The van der Waals surface area contributed by atoms with Crippen molar-refractivity contribution in [2.45, 2.75) is 17.9 Å². The number of imide groups is 1. The predicted octanol–water partition coefficient (Wildman–Crippen LogP) is 1.03. The van der Waals surface area contributed by atoms with Crippen LogP contribution in [0.3, 0.4) is 0 Å². The molecule has 2 aromatic carbocycles. The average molecular weight is 404 g/mol. The number of benzene rings is 2. The van der Waals surface area contributed by atoms with Crippen LogP contribution in [0.15, 0.2) is 60.7 Å². The number of amides is 3. The van der Waals surface area contributed by atoms with Crippen LogP contribution in [0, 0.1) is 11.8 Å². The van der Waals surface area contributed by atoms with E-state index >= 15 is 0 Å². The first kappa shape index (κ1) is 17.3. The third-order valence-corrected chi connectivity index (χ3v) is 6.42. The number of esters is 1. The Morgan fingerprint density at radius 1 is 0.833 bits per heavy atom. The summed E-state index contributed by atoms with van der Waals surface area (Å²) in [4.78, 5) is 55.2. The monoisotopic (exact) mass is 404 g/mol. The molecule has 0 radical (unpaired) electrons. The summed E-state index contributed by atoms with van der Waals surface area (Å²) in [5.41, 5.74) is -0.746. The maximum atomic E-state index is 13.4. The number of cyclic esters (lactones) is 1. The Bertz CT molecular complexity index is 1100. The van der Waals surface area contributed by atoms with Crippen LogP contribution in [0.1, 0.15) is 11.6 Å². The van der Waals surface area contributed by atoms with Gasteiger partial charge in [0.05, 0.1) is 17.6 Å². The van der Waals surface area contributed by atoms with E-state index < -0.39 is 53.4 Å². The topological polar surface area (TPSA) is 93.2 Å². The number of carbonyl (C=O) groups excluding carboxylic acids is 4. The van der Waals surface area contributed by atoms with Crippen molar-refractivity contribution in [2.75, 3.05) is 11.5 Å². The molecule has 2 aromatic rings. The molecule has 4 saturated heterocycles. The van der Waals surface area contributed by atoms with E-state index in [2.05, 4.69) is 0 Å². The van der Waals surface area contributed by atoms with E-state index in [-0.39, 0.29) is 6.61 Å². The molecule has 4 aliphatic heterocycles. The van der Waals surface area contributed by atoms with Gasteiger partial charge in [-0.05, 0) is 17.7 Å². The van der Waals surface area contributed by atoms with Crippen molar-refractivity contribution >= 4 is 29.4 Å². The Morgan fingerprint density at radius 3 is 2.20 bits per heavy atom. The number of morpholine rings is 1. The van der Waals surface area contributed by atoms with Crippen molar-refractivity contribution in [3.8, 4) is 0 Å². The summed E-state index contributed by atoms with van der Waals surface area (Å²) in [7, 11) is 0. The molecule has 4 heterocycles. The largest absolute Gasteiger partial charge is 0.460 e. The fraction of sp³-hybridized carbons (Fsp3) is 0.273. The summed E-state index contributed by atoms with van der Waals surface area (Å²) >= 11 is 0. The van der Waals surface area contributed by atoms with Crippen molar-refractivity contribution in [2.24, 2.45) is 11.8 Å². The van der Waals surface area contributed by atoms with Gasteiger partial charge < -0.3 is 9.47 Å². The number of ether oxygens (including phenoxy) is 2. The number of hydrogen-bond donors (Lipinski definition) is 0. The molecule has 30 heavy (non-hydrogen) atoms. The van der Waals surface area contributed by atoms with Crippen LogP contribution in [0.4, 0.5) is 5.69 Å². The van der Waals surface area contributed by atoms with Crippen molar-refractivity contribution in [1.82, 2.24) is 4.90 Å². The maximum absolute atomic E-state index is 13.4. The number of para-hydroxylation sites is 1. The zero-order chi connectivity index (χ0) is 20.6. The first-order valence-corrected chi connectivity index (χ1v) is 9.72. The van der Waals surface area contributed by atoms with Gasteiger partial charge in [-0.15, -0.1) is 0 Å². The number of nitrogens with zero attached hydrogens (tertiary/aromatic N) is 2. The highest BCUT2D eigenvalue weighted by Gasteiger charge is 2.81. The summed E-state index contributed by atoms with van der Waals surface area (Å²) in [5.74, 6) is -4.51. The van der Waals surface area contributed by atoms with Crippen molar-refractivity contribution in [3.63, 3.8) is 0 Å². The van der Waals surface area contributed by atoms with E-state index in [0.29, 0.717) is 5.69 Å². The first-order valence-electron chi connectivity index (χ1n) is 9.72. The summed E-state index contributed by atoms with van der Waals surface area (Å²) in [5, 5.41) is 0. The van der Waals surface area contributed by atoms with E-state index in [4.69, 9.17) is 9.47 Å². The molecule has 6 rings (SSSR count). The average Bonchev–Trinajstić information content (AvgIpc) is 3.36. The fourth-order valence-electron chi connectivity index (χ4n) is 5.20. The Morgan fingerprint density at radius 2 is 1.50 bits per heavy atom. The van der Waals surface area contributed by atoms with E-state index in [9.17, 15) is 19.2 Å². The van der Waals surface area contributed by atoms with E-state index in [1.807, 2.05) is 30.3 Å². The van der Waals surface area contributed by atoms with Gasteiger partial charge in [0.1, 0.15) is 12.5 Å². The third kappa shape index (κ3) is 1.89. The summed E-state index contributed by atoms with van der Waals surface area (Å²) < 4.78 is 11.3. The molecule has 8 heteroatoms. The van der Waals surface area contributed by atoms with Crippen LogP contribution in [0.2, 0.25) is 0 Å². The summed E-state index contributed by atoms with van der Waals surface area (Å²) in [6.07, 6.45) is -1.18. The molecule has 0 unspecified atom stereocenters. The van der Waals surface area contributed by atoms with E-state index in [1.165, 1.54) is 4.90 Å². The lowest BCUT2D eigenvalue weighted by atomic mass is 9.78. The van der Waals surface area contributed by atoms with Gasteiger partial charge in [0.15, 0.2) is 6.10 Å². The lowest BCUT2D eigenvalue weighted by molar-refractivity contribution is -0.211. The highest BCUT2D eigenvalue weighted by atomic mass is 16.6. The van der Waals surface area contributed by atoms with Crippen molar-refractivity contribution < 1.29 is 28.7 Å². The first-order chi connectivity index (χ1) is 14.6. The van der Waals surface area contributed by atoms with Crippen LogP contribution < -0.4 is 4.90 Å². The Labute approximate surface area is 171 Å². The number of piperidine rings is 1. The highest BCUT2D eigenvalue weighted by Crippen LogP contribution is 2.58. The minimum Gasteiger partial charge on any atom is -0.460 e. The molecule has 1 spiro atoms. The molecule has 3 amide bonds. The molecule has 0 N–H and O–H groups in total. The highest BCUT2D eigenvalue weighted by molar-refractivity contribution is 6.26. The van der Waals surface area contributed by atoms with Crippen LogP contribution in [0.25, 0.3) is 0 Å².